The molecule has 1 aromatic carbocycles. The van der Waals surface area contributed by atoms with Crippen LogP contribution in [-0.2, 0) is 9.59 Å². The van der Waals surface area contributed by atoms with Crippen molar-refractivity contribution >= 4 is 39.2 Å². The van der Waals surface area contributed by atoms with Crippen LogP contribution in [0, 0.1) is 6.92 Å². The number of benzene rings is 1. The third-order valence-electron chi connectivity index (χ3n) is 4.17. The predicted molar refractivity (Wildman–Crippen MR) is 101 cm³/mol. The van der Waals surface area contributed by atoms with Gasteiger partial charge in [-0.3, -0.25) is 9.59 Å². The molecule has 6 nitrogen and oxygen atoms in total. The van der Waals surface area contributed by atoms with Crippen molar-refractivity contribution in [1.29, 1.82) is 0 Å². The van der Waals surface area contributed by atoms with Gasteiger partial charge in [-0.2, -0.15) is 0 Å². The van der Waals surface area contributed by atoms with Gasteiger partial charge in [0.15, 0.2) is 0 Å². The number of anilines is 2. The molecule has 1 fully saturated rings. The largest absolute Gasteiger partial charge is 0.353 e. The SMILES string of the molecule is Cc1cc(Br)ccc1NC(=O)C(=O)N1CCN(c2ccccn2)CC1. The van der Waals surface area contributed by atoms with Crippen LogP contribution in [-0.4, -0.2) is 47.9 Å². The number of carbonyl (C=O) groups is 2. The summed E-state index contributed by atoms with van der Waals surface area (Å²) in [6, 6.07) is 11.3. The second-order valence-corrected chi connectivity index (χ2v) is 6.80. The summed E-state index contributed by atoms with van der Waals surface area (Å²) in [5.74, 6) is -0.204. The summed E-state index contributed by atoms with van der Waals surface area (Å²) < 4.78 is 0.931. The van der Waals surface area contributed by atoms with Gasteiger partial charge in [-0.05, 0) is 42.8 Å². The van der Waals surface area contributed by atoms with Gasteiger partial charge in [0.2, 0.25) is 0 Å². The smallest absolute Gasteiger partial charge is 0.313 e. The van der Waals surface area contributed by atoms with E-state index in [0.717, 1.165) is 15.9 Å². The fourth-order valence-corrected chi connectivity index (χ4v) is 3.24. The molecule has 0 atom stereocenters. The number of carbonyl (C=O) groups excluding carboxylic acids is 2. The summed E-state index contributed by atoms with van der Waals surface area (Å²) in [4.78, 5) is 32.7. The Kier molecular flexibility index (Phi) is 5.33. The van der Waals surface area contributed by atoms with Gasteiger partial charge in [0.05, 0.1) is 0 Å². The molecule has 0 saturated carbocycles. The van der Waals surface area contributed by atoms with E-state index in [1.54, 1.807) is 17.2 Å². The lowest BCUT2D eigenvalue weighted by Crippen LogP contribution is -2.51. The predicted octanol–water partition coefficient (Wildman–Crippen LogP) is 2.44. The summed E-state index contributed by atoms with van der Waals surface area (Å²) in [5, 5.41) is 2.70. The van der Waals surface area contributed by atoms with E-state index in [-0.39, 0.29) is 0 Å². The molecule has 1 saturated heterocycles. The van der Waals surface area contributed by atoms with E-state index >= 15 is 0 Å². The maximum absolute atomic E-state index is 12.4. The molecule has 130 valence electrons. The number of nitrogens with zero attached hydrogens (tertiary/aromatic N) is 3. The van der Waals surface area contributed by atoms with Gasteiger partial charge in [-0.1, -0.05) is 22.0 Å². The van der Waals surface area contributed by atoms with Crippen molar-refractivity contribution in [2.24, 2.45) is 0 Å². The molecular formula is C18H19BrN4O2. The van der Waals surface area contributed by atoms with Gasteiger partial charge in [0.1, 0.15) is 5.82 Å². The Morgan fingerprint density at radius 2 is 1.88 bits per heavy atom. The Bertz CT molecular complexity index is 774. The van der Waals surface area contributed by atoms with Crippen LogP contribution in [0.2, 0.25) is 0 Å². The lowest BCUT2D eigenvalue weighted by atomic mass is 10.2. The summed E-state index contributed by atoms with van der Waals surface area (Å²) in [6.07, 6.45) is 1.75. The van der Waals surface area contributed by atoms with E-state index in [4.69, 9.17) is 0 Å². The quantitative estimate of drug-likeness (QED) is 0.783. The van der Waals surface area contributed by atoms with Crippen LogP contribution < -0.4 is 10.2 Å². The maximum Gasteiger partial charge on any atom is 0.313 e. The molecule has 1 aliphatic heterocycles. The van der Waals surface area contributed by atoms with E-state index in [1.165, 1.54) is 0 Å². The Balaban J connectivity index is 1.57. The van der Waals surface area contributed by atoms with E-state index in [0.29, 0.717) is 31.9 Å². The van der Waals surface area contributed by atoms with Crippen LogP contribution in [0.4, 0.5) is 11.5 Å². The maximum atomic E-state index is 12.4. The molecule has 0 unspecified atom stereocenters. The van der Waals surface area contributed by atoms with Crippen molar-refractivity contribution < 1.29 is 9.59 Å². The van der Waals surface area contributed by atoms with Crippen molar-refractivity contribution in [3.63, 3.8) is 0 Å². The van der Waals surface area contributed by atoms with Gasteiger partial charge < -0.3 is 15.1 Å². The number of halogens is 1. The molecule has 1 N–H and O–H groups in total. The monoisotopic (exact) mass is 402 g/mol. The van der Waals surface area contributed by atoms with Crippen LogP contribution in [0.25, 0.3) is 0 Å². The van der Waals surface area contributed by atoms with Gasteiger partial charge in [-0.15, -0.1) is 0 Å². The zero-order valence-electron chi connectivity index (χ0n) is 13.9. The normalized spacial score (nSPS) is 14.3. The van der Waals surface area contributed by atoms with Crippen molar-refractivity contribution in [2.45, 2.75) is 6.92 Å². The number of piperazine rings is 1. The minimum atomic E-state index is -0.600. The van der Waals surface area contributed by atoms with Crippen LogP contribution in [0.15, 0.2) is 47.1 Å². The Hall–Kier alpha value is -2.41. The molecule has 3 rings (SSSR count). The molecule has 0 bridgehead atoms. The number of amides is 2. The van der Waals surface area contributed by atoms with Crippen molar-refractivity contribution in [2.75, 3.05) is 36.4 Å². The van der Waals surface area contributed by atoms with E-state index in [9.17, 15) is 9.59 Å². The zero-order chi connectivity index (χ0) is 17.8. The van der Waals surface area contributed by atoms with E-state index in [1.807, 2.05) is 37.3 Å². The fraction of sp³-hybridized carbons (Fsp3) is 0.278. The van der Waals surface area contributed by atoms with Crippen molar-refractivity contribution in [1.82, 2.24) is 9.88 Å². The highest BCUT2D eigenvalue weighted by atomic mass is 79.9. The first-order valence-electron chi connectivity index (χ1n) is 8.07. The molecule has 1 aliphatic rings. The highest BCUT2D eigenvalue weighted by Crippen LogP contribution is 2.20. The lowest BCUT2D eigenvalue weighted by Gasteiger charge is -2.35. The number of aromatic nitrogens is 1. The van der Waals surface area contributed by atoms with Crippen LogP contribution in [0.3, 0.4) is 0 Å². The standard InChI is InChI=1S/C18H19BrN4O2/c1-13-12-14(19)5-6-15(13)21-17(24)18(25)23-10-8-22(9-11-23)16-4-2-3-7-20-16/h2-7,12H,8-11H2,1H3,(H,21,24). The summed E-state index contributed by atoms with van der Waals surface area (Å²) in [5.41, 5.74) is 1.55. The molecule has 1 aromatic heterocycles. The molecule has 0 radical (unpaired) electrons. The first-order valence-corrected chi connectivity index (χ1v) is 8.86. The van der Waals surface area contributed by atoms with E-state index < -0.39 is 11.8 Å². The summed E-state index contributed by atoms with van der Waals surface area (Å²) in [6.45, 7) is 4.21. The molecule has 25 heavy (non-hydrogen) atoms. The third kappa shape index (κ3) is 4.17. The number of hydrogen-bond acceptors (Lipinski definition) is 4. The Morgan fingerprint density at radius 1 is 1.12 bits per heavy atom. The van der Waals surface area contributed by atoms with Crippen LogP contribution in [0.5, 0.6) is 0 Å². The summed E-state index contributed by atoms with van der Waals surface area (Å²) in [7, 11) is 0. The second kappa shape index (κ2) is 7.65. The van der Waals surface area contributed by atoms with Gasteiger partial charge in [-0.25, -0.2) is 4.98 Å². The number of pyridine rings is 1. The molecule has 0 spiro atoms. The second-order valence-electron chi connectivity index (χ2n) is 5.88. The molecule has 7 heteroatoms. The number of rotatable bonds is 2. The average molecular weight is 403 g/mol. The van der Waals surface area contributed by atoms with Crippen molar-refractivity contribution in [3.05, 3.63) is 52.6 Å². The van der Waals surface area contributed by atoms with Gasteiger partial charge in [0, 0.05) is 42.5 Å². The fourth-order valence-electron chi connectivity index (χ4n) is 2.77. The first kappa shape index (κ1) is 17.4. The minimum absolute atomic E-state index is 0.497. The Labute approximate surface area is 155 Å². The third-order valence-corrected chi connectivity index (χ3v) is 4.66. The topological polar surface area (TPSA) is 65.5 Å². The lowest BCUT2D eigenvalue weighted by molar-refractivity contribution is -0.143. The molecule has 0 aliphatic carbocycles. The molecule has 2 aromatic rings. The van der Waals surface area contributed by atoms with Crippen LogP contribution in [0.1, 0.15) is 5.56 Å². The number of hydrogen-bond donors (Lipinski definition) is 1. The van der Waals surface area contributed by atoms with Crippen molar-refractivity contribution in [3.8, 4) is 0 Å². The minimum Gasteiger partial charge on any atom is -0.353 e. The average Bonchev–Trinajstić information content (AvgIpc) is 2.64. The number of aryl methyl sites for hydroxylation is 1. The van der Waals surface area contributed by atoms with Gasteiger partial charge in [0.25, 0.3) is 0 Å². The molecule has 2 heterocycles. The molecular weight excluding hydrogens is 384 g/mol. The highest BCUT2D eigenvalue weighted by molar-refractivity contribution is 9.10. The number of nitrogens with one attached hydrogen (secondary N) is 1. The van der Waals surface area contributed by atoms with E-state index in [2.05, 4.69) is 31.1 Å². The van der Waals surface area contributed by atoms with Crippen LogP contribution >= 0.6 is 15.9 Å². The highest BCUT2D eigenvalue weighted by Gasteiger charge is 2.26. The molecule has 2 amide bonds. The Morgan fingerprint density at radius 3 is 2.52 bits per heavy atom. The zero-order valence-corrected chi connectivity index (χ0v) is 15.5. The summed E-state index contributed by atoms with van der Waals surface area (Å²) >= 11 is 3.38. The van der Waals surface area contributed by atoms with Gasteiger partial charge >= 0.3 is 11.8 Å². The first-order chi connectivity index (χ1) is 12.0.